The Morgan fingerprint density at radius 1 is 0.944 bits per heavy atom. The third-order valence-electron chi connectivity index (χ3n) is 6.52. The van der Waals surface area contributed by atoms with Crippen LogP contribution in [0.4, 0.5) is 24.5 Å². The lowest BCUT2D eigenvalue weighted by molar-refractivity contribution is -0.122. The maximum atomic E-state index is 12.5. The maximum absolute atomic E-state index is 12.5. The van der Waals surface area contributed by atoms with Crippen LogP contribution in [0, 0.1) is 0 Å². The van der Waals surface area contributed by atoms with Gasteiger partial charge in [-0.15, -0.1) is 0 Å². The summed E-state index contributed by atoms with van der Waals surface area (Å²) < 4.78 is 37.5. The van der Waals surface area contributed by atoms with E-state index in [4.69, 9.17) is 11.6 Å². The van der Waals surface area contributed by atoms with Crippen molar-refractivity contribution in [3.8, 4) is 0 Å². The number of nitrogens with zero attached hydrogens (tertiary/aromatic N) is 3. The van der Waals surface area contributed by atoms with E-state index in [2.05, 4.69) is 20.0 Å². The van der Waals surface area contributed by atoms with Crippen molar-refractivity contribution >= 4 is 40.6 Å². The van der Waals surface area contributed by atoms with Crippen LogP contribution in [0.25, 0.3) is 0 Å². The lowest BCUT2D eigenvalue weighted by Crippen LogP contribution is -2.48. The van der Waals surface area contributed by atoms with E-state index in [1.807, 2.05) is 24.3 Å². The zero-order valence-corrected chi connectivity index (χ0v) is 21.0. The van der Waals surface area contributed by atoms with E-state index in [1.165, 1.54) is 12.1 Å². The predicted molar refractivity (Wildman–Crippen MR) is 143 cm³/mol. The molecule has 0 spiro atoms. The van der Waals surface area contributed by atoms with Crippen LogP contribution < -0.4 is 15.1 Å². The number of anilines is 2. The molecule has 2 aromatic carbocycles. The molecule has 2 aromatic rings. The summed E-state index contributed by atoms with van der Waals surface area (Å²) in [4.78, 5) is 19.5. The van der Waals surface area contributed by atoms with Gasteiger partial charge in [-0.3, -0.25) is 9.69 Å². The van der Waals surface area contributed by atoms with Crippen LogP contribution in [0.3, 0.4) is 0 Å². The van der Waals surface area contributed by atoms with Gasteiger partial charge in [0.25, 0.3) is 0 Å². The van der Waals surface area contributed by atoms with Crippen LogP contribution in [-0.2, 0) is 4.79 Å². The highest BCUT2D eigenvalue weighted by atomic mass is 35.5. The van der Waals surface area contributed by atoms with Gasteiger partial charge in [-0.1, -0.05) is 31.2 Å². The van der Waals surface area contributed by atoms with Crippen molar-refractivity contribution in [2.75, 3.05) is 55.6 Å². The first kappa shape index (κ1) is 28.5. The Labute approximate surface area is 221 Å². The number of alkyl halides is 3. The van der Waals surface area contributed by atoms with Crippen molar-refractivity contribution in [3.63, 3.8) is 0 Å². The molecule has 2 saturated heterocycles. The Morgan fingerprint density at radius 3 is 2.19 bits per heavy atom. The van der Waals surface area contributed by atoms with Crippen LogP contribution in [0.2, 0.25) is 5.02 Å². The van der Waals surface area contributed by atoms with Gasteiger partial charge in [-0.25, -0.2) is 0 Å². The molecule has 2 aliphatic rings. The van der Waals surface area contributed by atoms with E-state index in [0.29, 0.717) is 6.42 Å². The van der Waals surface area contributed by atoms with Gasteiger partial charge in [0.15, 0.2) is 0 Å². The molecular weight excluding hydrogens is 509 g/mol. The average Bonchev–Trinajstić information content (AvgIpc) is 2.84. The van der Waals surface area contributed by atoms with E-state index in [0.717, 1.165) is 75.1 Å². The molecule has 4 rings (SSSR count). The van der Waals surface area contributed by atoms with Gasteiger partial charge in [0.2, 0.25) is 5.91 Å². The predicted octanol–water partition coefficient (Wildman–Crippen LogP) is 5.89. The van der Waals surface area contributed by atoms with Crippen molar-refractivity contribution in [2.45, 2.75) is 43.1 Å². The SMILES string of the molecule is C.O=C(CCN1CCN(c2ccccc2Cl)CC1)NC1CCN(c2ccc(SC(F)(F)F)cc2)CC1. The first-order valence-corrected chi connectivity index (χ1v) is 13.1. The Hall–Kier alpha value is -2.10. The van der Waals surface area contributed by atoms with E-state index in [1.54, 1.807) is 12.1 Å². The fourth-order valence-electron chi connectivity index (χ4n) is 4.62. The third kappa shape index (κ3) is 8.21. The van der Waals surface area contributed by atoms with Crippen molar-refractivity contribution in [3.05, 3.63) is 53.6 Å². The molecule has 5 nitrogen and oxygen atoms in total. The summed E-state index contributed by atoms with van der Waals surface area (Å²) in [6, 6.07) is 14.5. The summed E-state index contributed by atoms with van der Waals surface area (Å²) in [6.07, 6.45) is 2.12. The molecule has 0 bridgehead atoms. The normalized spacial score (nSPS) is 17.6. The molecule has 0 saturated carbocycles. The van der Waals surface area contributed by atoms with Gasteiger partial charge in [0.1, 0.15) is 0 Å². The zero-order valence-electron chi connectivity index (χ0n) is 19.4. The van der Waals surface area contributed by atoms with Gasteiger partial charge < -0.3 is 15.1 Å². The molecule has 0 aromatic heterocycles. The van der Waals surface area contributed by atoms with Crippen molar-refractivity contribution in [2.24, 2.45) is 0 Å². The molecule has 2 heterocycles. The van der Waals surface area contributed by atoms with Crippen molar-refractivity contribution < 1.29 is 18.0 Å². The molecule has 2 fully saturated rings. The summed E-state index contributed by atoms with van der Waals surface area (Å²) in [5.41, 5.74) is -2.30. The number of thioether (sulfide) groups is 1. The smallest absolute Gasteiger partial charge is 0.371 e. The van der Waals surface area contributed by atoms with Gasteiger partial charge in [0.05, 0.1) is 10.7 Å². The quantitative estimate of drug-likeness (QED) is 0.442. The van der Waals surface area contributed by atoms with Crippen molar-refractivity contribution in [1.29, 1.82) is 0 Å². The number of amides is 1. The highest BCUT2D eigenvalue weighted by Gasteiger charge is 2.29. The summed E-state index contributed by atoms with van der Waals surface area (Å²) in [5, 5.41) is 3.93. The van der Waals surface area contributed by atoms with Crippen molar-refractivity contribution in [1.82, 2.24) is 10.2 Å². The number of piperazine rings is 1. The molecule has 0 unspecified atom stereocenters. The number of hydrogen-bond acceptors (Lipinski definition) is 5. The Kier molecular flexibility index (Phi) is 10.2. The molecule has 10 heteroatoms. The van der Waals surface area contributed by atoms with Gasteiger partial charge in [-0.2, -0.15) is 13.2 Å². The van der Waals surface area contributed by atoms with Gasteiger partial charge in [-0.05, 0) is 61.0 Å². The maximum Gasteiger partial charge on any atom is 0.446 e. The molecule has 0 radical (unpaired) electrons. The molecule has 198 valence electrons. The molecule has 0 aliphatic carbocycles. The lowest BCUT2D eigenvalue weighted by atomic mass is 10.0. The molecule has 1 amide bonds. The number of benzene rings is 2. The Morgan fingerprint density at radius 2 is 1.58 bits per heavy atom. The number of halogens is 4. The second-order valence-electron chi connectivity index (χ2n) is 8.90. The van der Waals surface area contributed by atoms with Gasteiger partial charge >= 0.3 is 5.51 Å². The van der Waals surface area contributed by atoms with E-state index in [9.17, 15) is 18.0 Å². The third-order valence-corrected chi connectivity index (χ3v) is 7.57. The minimum atomic E-state index is -4.27. The molecule has 2 aliphatic heterocycles. The molecular formula is C26H34ClF3N4OS. The average molecular weight is 543 g/mol. The first-order valence-electron chi connectivity index (χ1n) is 11.9. The second-order valence-corrected chi connectivity index (χ2v) is 10.4. The van der Waals surface area contributed by atoms with Crippen LogP contribution in [0.15, 0.2) is 53.4 Å². The zero-order chi connectivity index (χ0) is 24.8. The summed E-state index contributed by atoms with van der Waals surface area (Å²) in [6.45, 7) is 5.85. The molecule has 36 heavy (non-hydrogen) atoms. The lowest BCUT2D eigenvalue weighted by Gasteiger charge is -2.36. The standard InChI is InChI=1S/C25H30ClF3N4OS.CH4/c26-22-3-1-2-4-23(22)33-17-15-31(16-18-33)12-11-24(34)30-19-9-13-32(14-10-19)20-5-7-21(8-6-20)35-25(27,28)29;/h1-8,19H,9-18H2,(H,30,34);1H4. The van der Waals surface area contributed by atoms with Gasteiger partial charge in [0, 0.05) is 68.9 Å². The van der Waals surface area contributed by atoms with Crippen LogP contribution in [0.5, 0.6) is 0 Å². The monoisotopic (exact) mass is 542 g/mol. The number of piperidine rings is 1. The number of carbonyl (C=O) groups excluding carboxylic acids is 1. The summed E-state index contributed by atoms with van der Waals surface area (Å²) in [5.74, 6) is 0.0745. The van der Waals surface area contributed by atoms with Crippen LogP contribution in [-0.4, -0.2) is 68.2 Å². The minimum absolute atomic E-state index is 0. The minimum Gasteiger partial charge on any atom is -0.371 e. The van der Waals surface area contributed by atoms with Crippen LogP contribution in [0.1, 0.15) is 26.7 Å². The number of para-hydroxylation sites is 1. The first-order chi connectivity index (χ1) is 16.8. The Balaban J connectivity index is 0.00000361. The number of hydrogen-bond donors (Lipinski definition) is 1. The molecule has 1 N–H and O–H groups in total. The summed E-state index contributed by atoms with van der Waals surface area (Å²) >= 11 is 6.21. The number of carbonyl (C=O) groups is 1. The fraction of sp³-hybridized carbons (Fsp3) is 0.500. The Bertz CT molecular complexity index is 976. The van der Waals surface area contributed by atoms with E-state index < -0.39 is 5.51 Å². The highest BCUT2D eigenvalue weighted by Crippen LogP contribution is 2.37. The van der Waals surface area contributed by atoms with Crippen LogP contribution >= 0.6 is 23.4 Å². The molecule has 0 atom stereocenters. The fourth-order valence-corrected chi connectivity index (χ4v) is 5.42. The van der Waals surface area contributed by atoms with E-state index >= 15 is 0 Å². The largest absolute Gasteiger partial charge is 0.446 e. The number of nitrogens with one attached hydrogen (secondary N) is 1. The second kappa shape index (κ2) is 12.9. The summed E-state index contributed by atoms with van der Waals surface area (Å²) in [7, 11) is 0. The van der Waals surface area contributed by atoms with E-state index in [-0.39, 0.29) is 36.0 Å². The highest BCUT2D eigenvalue weighted by molar-refractivity contribution is 8.00. The topological polar surface area (TPSA) is 38.8 Å². The number of rotatable bonds is 7.